The molecule has 2 rings (SSSR count). The first kappa shape index (κ1) is 15.6. The number of benzene rings is 1. The number of carbonyl (C=O) groups is 1. The number of rotatable bonds is 5. The van der Waals surface area contributed by atoms with Crippen LogP contribution < -0.4 is 20.1 Å². The van der Waals surface area contributed by atoms with Crippen LogP contribution in [0.2, 0.25) is 0 Å². The van der Waals surface area contributed by atoms with Gasteiger partial charge in [-0.25, -0.2) is 0 Å². The van der Waals surface area contributed by atoms with E-state index in [0.717, 1.165) is 18.7 Å². The van der Waals surface area contributed by atoms with Crippen molar-refractivity contribution in [1.82, 2.24) is 10.6 Å². The summed E-state index contributed by atoms with van der Waals surface area (Å²) in [6.45, 7) is 5.74. The first-order valence-electron chi connectivity index (χ1n) is 7.29. The van der Waals surface area contributed by atoms with Crippen LogP contribution in [0.25, 0.3) is 0 Å². The fraction of sp³-hybridized carbons (Fsp3) is 0.562. The smallest absolute Gasteiger partial charge is 0.225 e. The van der Waals surface area contributed by atoms with E-state index < -0.39 is 0 Å². The second kappa shape index (κ2) is 6.80. The number of hydrogen-bond acceptors (Lipinski definition) is 4. The molecule has 1 fully saturated rings. The molecule has 0 radical (unpaired) electrons. The zero-order valence-electron chi connectivity index (χ0n) is 13.1. The molecule has 1 aromatic carbocycles. The van der Waals surface area contributed by atoms with Gasteiger partial charge in [0, 0.05) is 6.54 Å². The van der Waals surface area contributed by atoms with Crippen LogP contribution in [0.15, 0.2) is 18.2 Å². The number of amides is 1. The summed E-state index contributed by atoms with van der Waals surface area (Å²) in [5.41, 5.74) is 1.000. The van der Waals surface area contributed by atoms with Gasteiger partial charge >= 0.3 is 0 Å². The predicted molar refractivity (Wildman–Crippen MR) is 81.6 cm³/mol. The Labute approximate surface area is 126 Å². The van der Waals surface area contributed by atoms with Crippen LogP contribution in [0.5, 0.6) is 11.5 Å². The highest BCUT2D eigenvalue weighted by molar-refractivity contribution is 5.80. The zero-order valence-corrected chi connectivity index (χ0v) is 13.1. The molecule has 1 aliphatic rings. The molecule has 116 valence electrons. The monoisotopic (exact) mass is 292 g/mol. The topological polar surface area (TPSA) is 59.6 Å². The van der Waals surface area contributed by atoms with Gasteiger partial charge in [-0.2, -0.15) is 0 Å². The molecular formula is C16H24N2O3. The summed E-state index contributed by atoms with van der Waals surface area (Å²) in [5, 5.41) is 6.33. The van der Waals surface area contributed by atoms with Gasteiger partial charge in [0.05, 0.1) is 26.2 Å². The van der Waals surface area contributed by atoms with E-state index >= 15 is 0 Å². The predicted octanol–water partition coefficient (Wildman–Crippen LogP) is 1.74. The van der Waals surface area contributed by atoms with Crippen molar-refractivity contribution >= 4 is 5.91 Å². The third-order valence-electron chi connectivity index (χ3n) is 4.12. The maximum Gasteiger partial charge on any atom is 0.225 e. The van der Waals surface area contributed by atoms with Crippen molar-refractivity contribution in [2.45, 2.75) is 19.9 Å². The Morgan fingerprint density at radius 1 is 1.29 bits per heavy atom. The minimum absolute atomic E-state index is 0.0487. The van der Waals surface area contributed by atoms with Gasteiger partial charge < -0.3 is 20.1 Å². The minimum atomic E-state index is -0.0647. The van der Waals surface area contributed by atoms with Crippen LogP contribution in [0.4, 0.5) is 0 Å². The quantitative estimate of drug-likeness (QED) is 0.868. The molecule has 1 saturated heterocycles. The molecule has 0 aromatic heterocycles. The zero-order chi connectivity index (χ0) is 15.4. The van der Waals surface area contributed by atoms with Crippen LogP contribution >= 0.6 is 0 Å². The van der Waals surface area contributed by atoms with Crippen LogP contribution in [0, 0.1) is 11.8 Å². The van der Waals surface area contributed by atoms with Crippen LogP contribution in [-0.4, -0.2) is 33.2 Å². The fourth-order valence-electron chi connectivity index (χ4n) is 2.69. The number of ether oxygens (including phenoxy) is 2. The molecule has 0 bridgehead atoms. The highest BCUT2D eigenvalue weighted by Crippen LogP contribution is 2.30. The Morgan fingerprint density at radius 3 is 2.57 bits per heavy atom. The standard InChI is InChI=1S/C16H24N2O3/c1-10-8-17-9-13(10)16(19)18-11(2)12-5-6-14(20-3)15(7-12)21-4/h5-7,10-11,13,17H,8-9H2,1-4H3,(H,18,19). The van der Waals surface area contributed by atoms with Crippen molar-refractivity contribution in [1.29, 1.82) is 0 Å². The van der Waals surface area contributed by atoms with Gasteiger partial charge in [-0.15, -0.1) is 0 Å². The second-order valence-corrected chi connectivity index (χ2v) is 5.59. The van der Waals surface area contributed by atoms with Gasteiger partial charge in [-0.3, -0.25) is 4.79 Å². The molecular weight excluding hydrogens is 268 g/mol. The third-order valence-corrected chi connectivity index (χ3v) is 4.12. The van der Waals surface area contributed by atoms with E-state index in [1.54, 1.807) is 14.2 Å². The van der Waals surface area contributed by atoms with Gasteiger partial charge in [0.1, 0.15) is 0 Å². The molecule has 1 aliphatic heterocycles. The maximum absolute atomic E-state index is 12.3. The molecule has 3 atom stereocenters. The molecule has 1 aromatic rings. The Hall–Kier alpha value is -1.75. The van der Waals surface area contributed by atoms with E-state index in [1.165, 1.54) is 0 Å². The van der Waals surface area contributed by atoms with E-state index in [1.807, 2.05) is 25.1 Å². The lowest BCUT2D eigenvalue weighted by atomic mass is 9.96. The summed E-state index contributed by atoms with van der Waals surface area (Å²) in [7, 11) is 3.22. The average molecular weight is 292 g/mol. The Balaban J connectivity index is 2.06. The summed E-state index contributed by atoms with van der Waals surface area (Å²) >= 11 is 0. The van der Waals surface area contributed by atoms with Crippen molar-refractivity contribution in [2.75, 3.05) is 27.3 Å². The summed E-state index contributed by atoms with van der Waals surface area (Å²) < 4.78 is 10.5. The van der Waals surface area contributed by atoms with Gasteiger partial charge in [-0.05, 0) is 37.1 Å². The second-order valence-electron chi connectivity index (χ2n) is 5.59. The lowest BCUT2D eigenvalue weighted by molar-refractivity contribution is -0.126. The van der Waals surface area contributed by atoms with Crippen molar-refractivity contribution in [3.63, 3.8) is 0 Å². The molecule has 0 aliphatic carbocycles. The highest BCUT2D eigenvalue weighted by Gasteiger charge is 2.30. The summed E-state index contributed by atoms with van der Waals surface area (Å²) in [6, 6.07) is 5.64. The lowest BCUT2D eigenvalue weighted by Crippen LogP contribution is -2.35. The normalized spacial score (nSPS) is 22.7. The first-order valence-corrected chi connectivity index (χ1v) is 7.29. The van der Waals surface area contributed by atoms with Gasteiger partial charge in [0.2, 0.25) is 5.91 Å². The Morgan fingerprint density at radius 2 is 2.00 bits per heavy atom. The van der Waals surface area contributed by atoms with Crippen molar-refractivity contribution in [3.05, 3.63) is 23.8 Å². The largest absolute Gasteiger partial charge is 0.493 e. The molecule has 5 heteroatoms. The van der Waals surface area contributed by atoms with Gasteiger partial charge in [0.25, 0.3) is 0 Å². The van der Waals surface area contributed by atoms with Gasteiger partial charge in [-0.1, -0.05) is 13.0 Å². The molecule has 21 heavy (non-hydrogen) atoms. The third kappa shape index (κ3) is 3.47. The average Bonchev–Trinajstić information content (AvgIpc) is 2.92. The van der Waals surface area contributed by atoms with Crippen LogP contribution in [-0.2, 0) is 4.79 Å². The first-order chi connectivity index (χ1) is 10.1. The minimum Gasteiger partial charge on any atom is -0.493 e. The molecule has 3 unspecified atom stereocenters. The Kier molecular flexibility index (Phi) is 5.07. The number of nitrogens with one attached hydrogen (secondary N) is 2. The maximum atomic E-state index is 12.3. The van der Waals surface area contributed by atoms with Crippen molar-refractivity contribution < 1.29 is 14.3 Å². The molecule has 0 saturated carbocycles. The molecule has 0 spiro atoms. The van der Waals surface area contributed by atoms with Crippen LogP contribution in [0.3, 0.4) is 0 Å². The van der Waals surface area contributed by atoms with Gasteiger partial charge in [0.15, 0.2) is 11.5 Å². The SMILES string of the molecule is COc1ccc(C(C)NC(=O)C2CNCC2C)cc1OC. The summed E-state index contributed by atoms with van der Waals surface area (Å²) in [6.07, 6.45) is 0. The van der Waals surface area contributed by atoms with E-state index in [-0.39, 0.29) is 17.9 Å². The molecule has 5 nitrogen and oxygen atoms in total. The van der Waals surface area contributed by atoms with E-state index in [4.69, 9.17) is 9.47 Å². The summed E-state index contributed by atoms with van der Waals surface area (Å²) in [5.74, 6) is 1.89. The summed E-state index contributed by atoms with van der Waals surface area (Å²) in [4.78, 5) is 12.3. The van der Waals surface area contributed by atoms with E-state index in [2.05, 4.69) is 17.6 Å². The van der Waals surface area contributed by atoms with E-state index in [0.29, 0.717) is 17.4 Å². The fourth-order valence-corrected chi connectivity index (χ4v) is 2.69. The molecule has 1 amide bonds. The number of carbonyl (C=O) groups excluding carboxylic acids is 1. The number of hydrogen-bond donors (Lipinski definition) is 2. The number of methoxy groups -OCH3 is 2. The van der Waals surface area contributed by atoms with E-state index in [9.17, 15) is 4.79 Å². The Bertz CT molecular complexity index is 504. The van der Waals surface area contributed by atoms with Crippen LogP contribution in [0.1, 0.15) is 25.5 Å². The molecule has 2 N–H and O–H groups in total. The highest BCUT2D eigenvalue weighted by atomic mass is 16.5. The molecule has 1 heterocycles. The van der Waals surface area contributed by atoms with Crippen molar-refractivity contribution in [2.24, 2.45) is 11.8 Å². The lowest BCUT2D eigenvalue weighted by Gasteiger charge is -2.20. The van der Waals surface area contributed by atoms with Crippen molar-refractivity contribution in [3.8, 4) is 11.5 Å².